The van der Waals surface area contributed by atoms with Crippen molar-refractivity contribution in [1.82, 2.24) is 0 Å². The molecule has 32 heavy (non-hydrogen) atoms. The van der Waals surface area contributed by atoms with Gasteiger partial charge in [0.25, 0.3) is 0 Å². The largest absolute Gasteiger partial charge is 0.514 e. The zero-order valence-electron chi connectivity index (χ0n) is 20.0. The Labute approximate surface area is 189 Å². The molecule has 0 spiro atoms. The van der Waals surface area contributed by atoms with E-state index in [1.807, 2.05) is 27.7 Å². The fourth-order valence-corrected chi connectivity index (χ4v) is 3.77. The van der Waals surface area contributed by atoms with Crippen LogP contribution in [0.15, 0.2) is 24.3 Å². The first-order chi connectivity index (χ1) is 14.9. The van der Waals surface area contributed by atoms with Crippen LogP contribution < -0.4 is 14.2 Å². The van der Waals surface area contributed by atoms with Crippen LogP contribution in [0.3, 0.4) is 0 Å². The number of carbonyl (C=O) groups excluding carboxylic acids is 2. The molecule has 1 unspecified atom stereocenters. The van der Waals surface area contributed by atoms with Crippen LogP contribution in [0.4, 0.5) is 4.79 Å². The molecule has 0 amide bonds. The lowest BCUT2D eigenvalue weighted by molar-refractivity contribution is 0.0151. The molecule has 0 radical (unpaired) electrons. The Morgan fingerprint density at radius 2 is 1.75 bits per heavy atom. The van der Waals surface area contributed by atoms with E-state index in [0.717, 1.165) is 47.1 Å². The Bertz CT molecular complexity index is 1020. The Morgan fingerprint density at radius 1 is 1.09 bits per heavy atom. The molecule has 2 aromatic carbocycles. The topological polar surface area (TPSA) is 71.1 Å². The van der Waals surface area contributed by atoms with Gasteiger partial charge in [0, 0.05) is 11.1 Å². The van der Waals surface area contributed by atoms with Crippen molar-refractivity contribution >= 4 is 12.4 Å². The molecule has 0 bridgehead atoms. The lowest BCUT2D eigenvalue weighted by atomic mass is 9.87. The van der Waals surface area contributed by atoms with E-state index in [-0.39, 0.29) is 0 Å². The van der Waals surface area contributed by atoms with Crippen molar-refractivity contribution in [3.05, 3.63) is 52.1 Å². The van der Waals surface area contributed by atoms with Crippen LogP contribution in [0.25, 0.3) is 0 Å². The van der Waals surface area contributed by atoms with Crippen molar-refractivity contribution in [2.75, 3.05) is 6.61 Å². The van der Waals surface area contributed by atoms with Gasteiger partial charge < -0.3 is 18.9 Å². The summed E-state index contributed by atoms with van der Waals surface area (Å²) in [5.74, 6) is 2.05. The SMILES string of the molecule is Cc1c(C)c2c(c(C)c1OC(=O)OC(C)(C)C)CCC(C)(COc1ccc(C=O)cc1)O2. The summed E-state index contributed by atoms with van der Waals surface area (Å²) in [5.41, 5.74) is 3.19. The summed E-state index contributed by atoms with van der Waals surface area (Å²) in [5, 5.41) is 0. The smallest absolute Gasteiger partial charge is 0.489 e. The summed E-state index contributed by atoms with van der Waals surface area (Å²) < 4.78 is 23.4. The van der Waals surface area contributed by atoms with E-state index in [9.17, 15) is 9.59 Å². The Morgan fingerprint density at radius 3 is 2.34 bits per heavy atom. The van der Waals surface area contributed by atoms with E-state index in [1.54, 1.807) is 45.0 Å². The van der Waals surface area contributed by atoms with E-state index in [0.29, 0.717) is 23.7 Å². The number of benzene rings is 2. The maximum atomic E-state index is 12.3. The maximum absolute atomic E-state index is 12.3. The highest BCUT2D eigenvalue weighted by Gasteiger charge is 2.36. The Kier molecular flexibility index (Phi) is 6.54. The predicted molar refractivity (Wildman–Crippen MR) is 122 cm³/mol. The van der Waals surface area contributed by atoms with Gasteiger partial charge in [0.2, 0.25) is 0 Å². The molecule has 1 atom stereocenters. The Hall–Kier alpha value is -3.02. The summed E-state index contributed by atoms with van der Waals surface area (Å²) in [6, 6.07) is 7.02. The first-order valence-electron chi connectivity index (χ1n) is 10.8. The standard InChI is InChI=1S/C26H32O6/c1-16-17(2)23-21(18(3)22(16)30-24(28)32-25(4,5)6)12-13-26(7,31-23)15-29-20-10-8-19(14-27)9-11-20/h8-11,14H,12-13,15H2,1-7H3. The van der Waals surface area contributed by atoms with Crippen molar-refractivity contribution in [1.29, 1.82) is 0 Å². The van der Waals surface area contributed by atoms with Crippen LogP contribution in [-0.4, -0.2) is 30.3 Å². The monoisotopic (exact) mass is 440 g/mol. The van der Waals surface area contributed by atoms with Crippen molar-refractivity contribution in [2.24, 2.45) is 0 Å². The van der Waals surface area contributed by atoms with Gasteiger partial charge in [-0.15, -0.1) is 0 Å². The summed E-state index contributed by atoms with van der Waals surface area (Å²) in [6.07, 6.45) is 1.62. The summed E-state index contributed by atoms with van der Waals surface area (Å²) >= 11 is 0. The molecule has 0 saturated heterocycles. The molecule has 1 aliphatic heterocycles. The minimum Gasteiger partial charge on any atom is -0.489 e. The lowest BCUT2D eigenvalue weighted by Gasteiger charge is -2.37. The Balaban J connectivity index is 1.79. The molecule has 0 N–H and O–H groups in total. The number of hydrogen-bond donors (Lipinski definition) is 0. The van der Waals surface area contributed by atoms with Gasteiger partial charge in [0.15, 0.2) is 0 Å². The third-order valence-corrected chi connectivity index (χ3v) is 5.70. The lowest BCUT2D eigenvalue weighted by Crippen LogP contribution is -2.42. The van der Waals surface area contributed by atoms with Crippen LogP contribution in [0.1, 0.15) is 66.7 Å². The summed E-state index contributed by atoms with van der Waals surface area (Å²) in [7, 11) is 0. The fraction of sp³-hybridized carbons (Fsp3) is 0.462. The minimum absolute atomic E-state index is 0.376. The van der Waals surface area contributed by atoms with E-state index < -0.39 is 17.4 Å². The second-order valence-electron chi connectivity index (χ2n) is 9.61. The highest BCUT2D eigenvalue weighted by molar-refractivity contribution is 5.74. The number of hydrogen-bond acceptors (Lipinski definition) is 6. The van der Waals surface area contributed by atoms with Gasteiger partial charge in [0.1, 0.15) is 41.3 Å². The summed E-state index contributed by atoms with van der Waals surface area (Å²) in [6.45, 7) is 13.7. The quantitative estimate of drug-likeness (QED) is 0.327. The first-order valence-corrected chi connectivity index (χ1v) is 10.8. The van der Waals surface area contributed by atoms with Gasteiger partial charge >= 0.3 is 6.16 Å². The van der Waals surface area contributed by atoms with E-state index in [1.165, 1.54) is 0 Å². The molecule has 0 aromatic heterocycles. The maximum Gasteiger partial charge on any atom is 0.514 e. The van der Waals surface area contributed by atoms with E-state index >= 15 is 0 Å². The normalized spacial score (nSPS) is 17.7. The van der Waals surface area contributed by atoms with Crippen LogP contribution in [-0.2, 0) is 11.2 Å². The second-order valence-corrected chi connectivity index (χ2v) is 9.61. The average molecular weight is 441 g/mol. The number of carbonyl (C=O) groups is 2. The molecule has 1 heterocycles. The van der Waals surface area contributed by atoms with E-state index in [4.69, 9.17) is 18.9 Å². The number of rotatable bonds is 5. The predicted octanol–water partition coefficient (Wildman–Crippen LogP) is 5.90. The first kappa shape index (κ1) is 23.6. The molecular weight excluding hydrogens is 408 g/mol. The molecular formula is C26H32O6. The zero-order valence-corrected chi connectivity index (χ0v) is 20.0. The average Bonchev–Trinajstić information content (AvgIpc) is 2.73. The second kappa shape index (κ2) is 8.85. The molecule has 1 aliphatic rings. The van der Waals surface area contributed by atoms with Crippen LogP contribution in [0.5, 0.6) is 17.2 Å². The van der Waals surface area contributed by atoms with Gasteiger partial charge in [-0.1, -0.05) is 0 Å². The highest BCUT2D eigenvalue weighted by Crippen LogP contribution is 2.44. The molecule has 6 nitrogen and oxygen atoms in total. The number of ether oxygens (including phenoxy) is 4. The zero-order chi connectivity index (χ0) is 23.7. The molecule has 0 fully saturated rings. The minimum atomic E-state index is -0.710. The van der Waals surface area contributed by atoms with Crippen LogP contribution >= 0.6 is 0 Å². The molecule has 0 saturated carbocycles. The summed E-state index contributed by atoms with van der Waals surface area (Å²) in [4.78, 5) is 23.1. The van der Waals surface area contributed by atoms with Crippen molar-refractivity contribution < 1.29 is 28.5 Å². The molecule has 2 aromatic rings. The van der Waals surface area contributed by atoms with Crippen LogP contribution in [0.2, 0.25) is 0 Å². The molecule has 3 rings (SSSR count). The fourth-order valence-electron chi connectivity index (χ4n) is 3.77. The van der Waals surface area contributed by atoms with Crippen molar-refractivity contribution in [2.45, 2.75) is 72.5 Å². The highest BCUT2D eigenvalue weighted by atomic mass is 16.7. The van der Waals surface area contributed by atoms with Crippen LogP contribution in [0, 0.1) is 20.8 Å². The van der Waals surface area contributed by atoms with Gasteiger partial charge in [-0.3, -0.25) is 4.79 Å². The van der Waals surface area contributed by atoms with Crippen molar-refractivity contribution in [3.63, 3.8) is 0 Å². The van der Waals surface area contributed by atoms with Gasteiger partial charge in [-0.25, -0.2) is 4.79 Å². The molecule has 0 aliphatic carbocycles. The number of fused-ring (bicyclic) bond motifs is 1. The van der Waals surface area contributed by atoms with Crippen molar-refractivity contribution in [3.8, 4) is 17.2 Å². The molecule has 6 heteroatoms. The third-order valence-electron chi connectivity index (χ3n) is 5.70. The van der Waals surface area contributed by atoms with E-state index in [2.05, 4.69) is 0 Å². The van der Waals surface area contributed by atoms with Gasteiger partial charge in [0.05, 0.1) is 0 Å². The van der Waals surface area contributed by atoms with Gasteiger partial charge in [-0.05, 0) is 102 Å². The number of aldehydes is 1. The van der Waals surface area contributed by atoms with Gasteiger partial charge in [-0.2, -0.15) is 0 Å². The third kappa shape index (κ3) is 5.23. The molecule has 172 valence electrons.